The van der Waals surface area contributed by atoms with E-state index in [1.54, 1.807) is 56.3 Å². The van der Waals surface area contributed by atoms with Gasteiger partial charge in [-0.2, -0.15) is 0 Å². The molecule has 8 nitrogen and oxygen atoms in total. The minimum Gasteiger partial charge on any atom is -0.447 e. The quantitative estimate of drug-likeness (QED) is 0.363. The summed E-state index contributed by atoms with van der Waals surface area (Å²) >= 11 is 5.99. The van der Waals surface area contributed by atoms with Crippen LogP contribution in [0.5, 0.6) is 0 Å². The molecule has 10 heteroatoms. The Balaban J connectivity index is 1.63. The molecule has 1 atom stereocenters. The Kier molecular flexibility index (Phi) is 5.46. The molecule has 0 radical (unpaired) electrons. The molecule has 0 fully saturated rings. The van der Waals surface area contributed by atoms with Crippen molar-refractivity contribution in [3.8, 4) is 0 Å². The molecule has 2 heterocycles. The van der Waals surface area contributed by atoms with E-state index in [0.29, 0.717) is 16.6 Å². The van der Waals surface area contributed by atoms with Gasteiger partial charge >= 0.3 is 6.09 Å². The first-order chi connectivity index (χ1) is 16.7. The van der Waals surface area contributed by atoms with Crippen LogP contribution in [-0.2, 0) is 10.5 Å². The number of aromatic nitrogens is 2. The second-order valence-electron chi connectivity index (χ2n) is 8.33. The zero-order valence-corrected chi connectivity index (χ0v) is 19.4. The molecule has 0 bridgehead atoms. The Morgan fingerprint density at radius 2 is 1.97 bits per heavy atom. The van der Waals surface area contributed by atoms with Gasteiger partial charge in [-0.15, -0.1) is 0 Å². The highest BCUT2D eigenvalue weighted by Crippen LogP contribution is 2.46. The molecular weight excluding hydrogens is 475 g/mol. The molecule has 2 amide bonds. The van der Waals surface area contributed by atoms with Crippen molar-refractivity contribution in [2.45, 2.75) is 25.7 Å². The van der Waals surface area contributed by atoms with Gasteiger partial charge in [0.2, 0.25) is 5.95 Å². The lowest BCUT2D eigenvalue weighted by molar-refractivity contribution is 0.0699. The number of aliphatic hydroxyl groups is 1. The van der Waals surface area contributed by atoms with Crippen LogP contribution in [0.15, 0.2) is 60.7 Å². The monoisotopic (exact) mass is 494 g/mol. The first kappa shape index (κ1) is 22.8. The number of amides is 2. The van der Waals surface area contributed by atoms with E-state index < -0.39 is 23.5 Å². The van der Waals surface area contributed by atoms with Gasteiger partial charge in [0.25, 0.3) is 5.91 Å². The molecule has 5 rings (SSSR count). The van der Waals surface area contributed by atoms with E-state index in [1.165, 1.54) is 18.2 Å². The summed E-state index contributed by atoms with van der Waals surface area (Å²) in [6.07, 6.45) is -0.978. The molecule has 1 unspecified atom stereocenters. The van der Waals surface area contributed by atoms with E-state index in [-0.39, 0.29) is 33.9 Å². The lowest BCUT2D eigenvalue weighted by Gasteiger charge is -2.35. The van der Waals surface area contributed by atoms with Gasteiger partial charge in [-0.3, -0.25) is 15.0 Å². The van der Waals surface area contributed by atoms with Gasteiger partial charge in [-0.1, -0.05) is 41.9 Å². The van der Waals surface area contributed by atoms with Crippen LogP contribution in [-0.4, -0.2) is 33.2 Å². The van der Waals surface area contributed by atoms with Crippen LogP contribution in [0.1, 0.15) is 35.3 Å². The van der Waals surface area contributed by atoms with Gasteiger partial charge in [0.1, 0.15) is 0 Å². The second-order valence-corrected chi connectivity index (χ2v) is 8.73. The molecule has 0 spiro atoms. The summed E-state index contributed by atoms with van der Waals surface area (Å²) in [6.45, 7) is 3.45. The number of hydrogen-bond acceptors (Lipinski definition) is 5. The summed E-state index contributed by atoms with van der Waals surface area (Å²) in [5.41, 5.74) is -0.426. The van der Waals surface area contributed by atoms with E-state index in [2.05, 4.69) is 15.3 Å². The molecule has 0 saturated heterocycles. The molecule has 3 N–H and O–H groups in total. The average molecular weight is 495 g/mol. The third kappa shape index (κ3) is 3.69. The number of fused-ring (bicyclic) bond motifs is 2. The highest BCUT2D eigenvalue weighted by atomic mass is 35.5. The summed E-state index contributed by atoms with van der Waals surface area (Å²) in [6, 6.07) is 15.6. The summed E-state index contributed by atoms with van der Waals surface area (Å²) in [5.74, 6) is -1.25. The molecule has 0 aliphatic carbocycles. The molecule has 35 heavy (non-hydrogen) atoms. The SMILES string of the molecule is CC(C)OC(=O)Nc1nc2ccc(C3(O)c4ccccc4C(=O)N3c3cccc(Cl)c3F)cc2[nH]1. The Bertz CT molecular complexity index is 1490. The van der Waals surface area contributed by atoms with Crippen molar-refractivity contribution in [2.24, 2.45) is 0 Å². The van der Waals surface area contributed by atoms with Crippen molar-refractivity contribution >= 4 is 46.3 Å². The number of benzene rings is 3. The topological polar surface area (TPSA) is 108 Å². The Labute approximate surface area is 204 Å². The highest BCUT2D eigenvalue weighted by molar-refractivity contribution is 6.31. The van der Waals surface area contributed by atoms with Crippen molar-refractivity contribution in [2.75, 3.05) is 10.2 Å². The van der Waals surface area contributed by atoms with Crippen LogP contribution >= 0.6 is 11.6 Å². The van der Waals surface area contributed by atoms with Crippen LogP contribution in [0.4, 0.5) is 20.8 Å². The number of anilines is 2. The van der Waals surface area contributed by atoms with Gasteiger partial charge in [0, 0.05) is 16.7 Å². The normalized spacial score (nSPS) is 17.2. The van der Waals surface area contributed by atoms with Gasteiger partial charge in [-0.25, -0.2) is 14.2 Å². The summed E-state index contributed by atoms with van der Waals surface area (Å²) in [4.78, 5) is 33.6. The second kappa shape index (κ2) is 8.37. The van der Waals surface area contributed by atoms with E-state index in [0.717, 1.165) is 4.90 Å². The van der Waals surface area contributed by atoms with Crippen LogP contribution in [0.3, 0.4) is 0 Å². The number of nitrogens with one attached hydrogen (secondary N) is 2. The lowest BCUT2D eigenvalue weighted by atomic mass is 9.93. The van der Waals surface area contributed by atoms with Gasteiger partial charge in [0.15, 0.2) is 11.5 Å². The van der Waals surface area contributed by atoms with E-state index >= 15 is 4.39 Å². The van der Waals surface area contributed by atoms with Crippen LogP contribution in [0.25, 0.3) is 11.0 Å². The molecule has 0 saturated carbocycles. The van der Waals surface area contributed by atoms with Crippen molar-refractivity contribution < 1.29 is 23.8 Å². The standard InChI is InChI=1S/C25H20ClFN4O4/c1-13(2)35-24(33)30-23-28-18-11-10-14(12-19(18)29-23)25(34)16-7-4-3-6-15(16)22(32)31(25)20-9-5-8-17(26)21(20)27/h3-13,34H,1-2H3,(H2,28,29,30,33). The number of ether oxygens (including phenoxy) is 1. The third-order valence-corrected chi connectivity index (χ3v) is 5.97. The molecule has 1 aromatic heterocycles. The fourth-order valence-corrected chi connectivity index (χ4v) is 4.39. The Hall–Kier alpha value is -3.95. The number of carbonyl (C=O) groups excluding carboxylic acids is 2. The van der Waals surface area contributed by atoms with Crippen LogP contribution in [0, 0.1) is 5.82 Å². The predicted molar refractivity (Wildman–Crippen MR) is 129 cm³/mol. The van der Waals surface area contributed by atoms with Crippen LogP contribution in [0.2, 0.25) is 5.02 Å². The smallest absolute Gasteiger partial charge is 0.414 e. The fraction of sp³-hybridized carbons (Fsp3) is 0.160. The molecule has 1 aliphatic heterocycles. The largest absolute Gasteiger partial charge is 0.447 e. The predicted octanol–water partition coefficient (Wildman–Crippen LogP) is 5.17. The van der Waals surface area contributed by atoms with E-state index in [4.69, 9.17) is 16.3 Å². The number of imidazole rings is 1. The Morgan fingerprint density at radius 3 is 2.74 bits per heavy atom. The third-order valence-electron chi connectivity index (χ3n) is 5.68. The zero-order valence-electron chi connectivity index (χ0n) is 18.7. The summed E-state index contributed by atoms with van der Waals surface area (Å²) < 4.78 is 20.1. The number of halogens is 2. The summed E-state index contributed by atoms with van der Waals surface area (Å²) in [5, 5.41) is 14.4. The fourth-order valence-electron chi connectivity index (χ4n) is 4.22. The molecule has 3 aromatic carbocycles. The van der Waals surface area contributed by atoms with Gasteiger partial charge in [-0.05, 0) is 44.2 Å². The zero-order chi connectivity index (χ0) is 24.9. The minimum atomic E-state index is -2.04. The number of carbonyl (C=O) groups is 2. The van der Waals surface area contributed by atoms with Gasteiger partial charge < -0.3 is 14.8 Å². The lowest BCUT2D eigenvalue weighted by Crippen LogP contribution is -2.45. The molecule has 178 valence electrons. The van der Waals surface area contributed by atoms with E-state index in [9.17, 15) is 14.7 Å². The maximum absolute atomic E-state index is 15.1. The van der Waals surface area contributed by atoms with Crippen molar-refractivity contribution in [3.63, 3.8) is 0 Å². The van der Waals surface area contributed by atoms with Gasteiger partial charge in [0.05, 0.1) is 27.8 Å². The first-order valence-electron chi connectivity index (χ1n) is 10.8. The minimum absolute atomic E-state index is 0.149. The number of H-pyrrole nitrogens is 1. The van der Waals surface area contributed by atoms with E-state index in [1.807, 2.05) is 0 Å². The Morgan fingerprint density at radius 1 is 1.20 bits per heavy atom. The maximum atomic E-state index is 15.1. The number of aromatic amines is 1. The molecule has 1 aliphatic rings. The van der Waals surface area contributed by atoms with Crippen molar-refractivity contribution in [1.82, 2.24) is 9.97 Å². The average Bonchev–Trinajstić information content (AvgIpc) is 3.31. The number of rotatable bonds is 4. The van der Waals surface area contributed by atoms with Crippen LogP contribution < -0.4 is 10.2 Å². The first-order valence-corrected chi connectivity index (χ1v) is 11.2. The maximum Gasteiger partial charge on any atom is 0.414 e. The highest BCUT2D eigenvalue weighted by Gasteiger charge is 2.51. The number of hydrogen-bond donors (Lipinski definition) is 3. The number of nitrogens with zero attached hydrogens (tertiary/aromatic N) is 2. The summed E-state index contributed by atoms with van der Waals surface area (Å²) in [7, 11) is 0. The molecular formula is C25H20ClFN4O4. The van der Waals surface area contributed by atoms with Crippen molar-refractivity contribution in [3.05, 3.63) is 88.2 Å². The van der Waals surface area contributed by atoms with Crippen molar-refractivity contribution in [1.29, 1.82) is 0 Å². The molecule has 4 aromatic rings.